The van der Waals surface area contributed by atoms with Gasteiger partial charge in [0.05, 0.1) is 12.2 Å². The van der Waals surface area contributed by atoms with Crippen LogP contribution < -0.4 is 0 Å². The second-order valence-corrected chi connectivity index (χ2v) is 12.2. The third-order valence-corrected chi connectivity index (χ3v) is 10.5. The van der Waals surface area contributed by atoms with Crippen LogP contribution in [-0.2, 0) is 0 Å². The van der Waals surface area contributed by atoms with Crippen molar-refractivity contribution >= 4 is 0 Å². The quantitative estimate of drug-likeness (QED) is 0.587. The van der Waals surface area contributed by atoms with Crippen molar-refractivity contribution in [1.29, 1.82) is 0 Å². The molecule has 0 bridgehead atoms. The van der Waals surface area contributed by atoms with E-state index in [0.717, 1.165) is 48.9 Å². The number of aliphatic hydroxyl groups excluding tert-OH is 2. The van der Waals surface area contributed by atoms with Crippen LogP contribution in [0.4, 0.5) is 0 Å². The molecule has 0 heterocycles. The van der Waals surface area contributed by atoms with E-state index in [1.807, 2.05) is 0 Å². The molecule has 2 N–H and O–H groups in total. The molecule has 162 valence electrons. The second kappa shape index (κ2) is 7.88. The molecule has 2 nitrogen and oxygen atoms in total. The van der Waals surface area contributed by atoms with Gasteiger partial charge in [-0.1, -0.05) is 40.5 Å². The Morgan fingerprint density at radius 1 is 0.857 bits per heavy atom. The highest BCUT2D eigenvalue weighted by atomic mass is 16.3. The normalized spacial score (nSPS) is 49.4. The molecule has 0 aromatic rings. The number of hydrogen-bond acceptors (Lipinski definition) is 2. The van der Waals surface area contributed by atoms with Gasteiger partial charge in [-0.05, 0) is 111 Å². The molecule has 4 rings (SSSR count). The van der Waals surface area contributed by atoms with E-state index in [0.29, 0.717) is 16.7 Å². The monoisotopic (exact) mass is 390 g/mol. The summed E-state index contributed by atoms with van der Waals surface area (Å²) < 4.78 is 0. The van der Waals surface area contributed by atoms with Gasteiger partial charge in [0.15, 0.2) is 0 Å². The molecule has 9 unspecified atom stereocenters. The van der Waals surface area contributed by atoms with E-state index >= 15 is 0 Å². The summed E-state index contributed by atoms with van der Waals surface area (Å²) in [5.41, 5.74) is 0.841. The van der Waals surface area contributed by atoms with Crippen molar-refractivity contribution < 1.29 is 10.2 Å². The van der Waals surface area contributed by atoms with Crippen molar-refractivity contribution in [3.05, 3.63) is 0 Å². The van der Waals surface area contributed by atoms with Gasteiger partial charge in [0.1, 0.15) is 0 Å². The lowest BCUT2D eigenvalue weighted by Crippen LogP contribution is -2.54. The van der Waals surface area contributed by atoms with Crippen molar-refractivity contribution in [3.8, 4) is 0 Å². The molecule has 0 aromatic heterocycles. The van der Waals surface area contributed by atoms with Crippen molar-refractivity contribution in [3.63, 3.8) is 0 Å². The zero-order valence-electron chi connectivity index (χ0n) is 19.0. The molecular weight excluding hydrogens is 344 g/mol. The molecule has 4 aliphatic carbocycles. The van der Waals surface area contributed by atoms with Gasteiger partial charge < -0.3 is 10.2 Å². The van der Waals surface area contributed by atoms with E-state index in [9.17, 15) is 10.2 Å². The summed E-state index contributed by atoms with van der Waals surface area (Å²) in [6, 6.07) is 0. The number of fused-ring (bicyclic) bond motifs is 5. The topological polar surface area (TPSA) is 40.5 Å². The van der Waals surface area contributed by atoms with E-state index in [4.69, 9.17) is 0 Å². The summed E-state index contributed by atoms with van der Waals surface area (Å²) in [4.78, 5) is 0. The minimum absolute atomic E-state index is 0.0414. The molecule has 0 aliphatic heterocycles. The zero-order valence-corrected chi connectivity index (χ0v) is 19.0. The molecular formula is C26H46O2. The van der Waals surface area contributed by atoms with Crippen LogP contribution in [0.2, 0.25) is 0 Å². The molecule has 4 aliphatic rings. The molecule has 0 spiro atoms. The Labute approximate surface area is 173 Å². The minimum atomic E-state index is -0.0814. The minimum Gasteiger partial charge on any atom is -0.393 e. The van der Waals surface area contributed by atoms with E-state index in [-0.39, 0.29) is 12.2 Å². The first-order valence-corrected chi connectivity index (χ1v) is 12.6. The van der Waals surface area contributed by atoms with Gasteiger partial charge in [-0.3, -0.25) is 0 Å². The van der Waals surface area contributed by atoms with Gasteiger partial charge >= 0.3 is 0 Å². The summed E-state index contributed by atoms with van der Waals surface area (Å²) in [7, 11) is 0. The Bertz CT molecular complexity index is 545. The summed E-state index contributed by atoms with van der Waals surface area (Å²) in [6.45, 7) is 9.72. The van der Waals surface area contributed by atoms with Gasteiger partial charge in [-0.2, -0.15) is 0 Å². The van der Waals surface area contributed by atoms with Crippen LogP contribution in [0, 0.1) is 46.3 Å². The van der Waals surface area contributed by atoms with Gasteiger partial charge in [0, 0.05) is 0 Å². The lowest BCUT2D eigenvalue weighted by atomic mass is 9.44. The standard InChI is InChI=1S/C26H46O2/c1-17(2)6-5-7-24(28)23-11-10-21-20-9-8-18-16-19(27)12-14-25(18,3)22(20)13-15-26(21,23)4/h17-24,27-28H,5-16H2,1-4H3. The SMILES string of the molecule is CC(C)CCCC(O)C1CCC2C3CCC4CC(O)CCC4(C)C3CCC12C. The Hall–Kier alpha value is -0.0800. The fraction of sp³-hybridized carbons (Fsp3) is 1.00. The van der Waals surface area contributed by atoms with Crippen LogP contribution in [0.1, 0.15) is 105 Å². The second-order valence-electron chi connectivity index (χ2n) is 12.2. The molecule has 28 heavy (non-hydrogen) atoms. The van der Waals surface area contributed by atoms with E-state index < -0.39 is 0 Å². The lowest BCUT2D eigenvalue weighted by Gasteiger charge is -2.61. The first-order chi connectivity index (χ1) is 13.3. The van der Waals surface area contributed by atoms with Crippen LogP contribution in [0.25, 0.3) is 0 Å². The molecule has 0 aromatic carbocycles. The molecule has 4 saturated carbocycles. The summed E-state index contributed by atoms with van der Waals surface area (Å²) >= 11 is 0. The fourth-order valence-corrected chi connectivity index (χ4v) is 8.84. The predicted octanol–water partition coefficient (Wildman–Crippen LogP) is 6.19. The summed E-state index contributed by atoms with van der Waals surface area (Å²) in [5.74, 6) is 4.61. The third kappa shape index (κ3) is 3.49. The predicted molar refractivity (Wildman–Crippen MR) is 116 cm³/mol. The molecule has 4 fully saturated rings. The average Bonchev–Trinajstić information content (AvgIpc) is 2.99. The molecule has 0 radical (unpaired) electrons. The van der Waals surface area contributed by atoms with Crippen LogP contribution in [-0.4, -0.2) is 22.4 Å². The first-order valence-electron chi connectivity index (χ1n) is 12.6. The highest BCUT2D eigenvalue weighted by Gasteiger charge is 2.60. The van der Waals surface area contributed by atoms with Gasteiger partial charge in [0.2, 0.25) is 0 Å². The van der Waals surface area contributed by atoms with Gasteiger partial charge in [-0.25, -0.2) is 0 Å². The maximum atomic E-state index is 11.1. The fourth-order valence-electron chi connectivity index (χ4n) is 8.84. The Morgan fingerprint density at radius 2 is 1.57 bits per heavy atom. The molecule has 0 saturated heterocycles. The van der Waals surface area contributed by atoms with Crippen molar-refractivity contribution in [1.82, 2.24) is 0 Å². The van der Waals surface area contributed by atoms with Crippen LogP contribution in [0.15, 0.2) is 0 Å². The van der Waals surface area contributed by atoms with Crippen molar-refractivity contribution in [2.45, 2.75) is 117 Å². The van der Waals surface area contributed by atoms with Gasteiger partial charge in [0.25, 0.3) is 0 Å². The lowest BCUT2D eigenvalue weighted by molar-refractivity contribution is -0.133. The van der Waals surface area contributed by atoms with Gasteiger partial charge in [-0.15, -0.1) is 0 Å². The highest BCUT2D eigenvalue weighted by Crippen LogP contribution is 2.67. The Balaban J connectivity index is 1.46. The van der Waals surface area contributed by atoms with Crippen LogP contribution >= 0.6 is 0 Å². The van der Waals surface area contributed by atoms with E-state index in [2.05, 4.69) is 27.7 Å². The first kappa shape index (κ1) is 21.2. The number of rotatable bonds is 5. The number of hydrogen-bond donors (Lipinski definition) is 2. The summed E-state index contributed by atoms with van der Waals surface area (Å²) in [5, 5.41) is 21.3. The molecule has 9 atom stereocenters. The van der Waals surface area contributed by atoms with Crippen molar-refractivity contribution in [2.24, 2.45) is 46.3 Å². The number of aliphatic hydroxyl groups is 2. The highest BCUT2D eigenvalue weighted by molar-refractivity contribution is 5.10. The maximum absolute atomic E-state index is 11.1. The van der Waals surface area contributed by atoms with Crippen molar-refractivity contribution in [2.75, 3.05) is 0 Å². The zero-order chi connectivity index (χ0) is 20.1. The van der Waals surface area contributed by atoms with Crippen LogP contribution in [0.5, 0.6) is 0 Å². The Morgan fingerprint density at radius 3 is 2.32 bits per heavy atom. The van der Waals surface area contributed by atoms with Crippen LogP contribution in [0.3, 0.4) is 0 Å². The van der Waals surface area contributed by atoms with E-state index in [1.54, 1.807) is 0 Å². The average molecular weight is 391 g/mol. The smallest absolute Gasteiger partial charge is 0.0573 e. The summed E-state index contributed by atoms with van der Waals surface area (Å²) in [6.07, 6.45) is 14.7. The Kier molecular flexibility index (Phi) is 5.95. The maximum Gasteiger partial charge on any atom is 0.0573 e. The molecule has 0 amide bonds. The van der Waals surface area contributed by atoms with E-state index in [1.165, 1.54) is 57.8 Å². The molecule has 2 heteroatoms. The third-order valence-electron chi connectivity index (χ3n) is 10.5. The largest absolute Gasteiger partial charge is 0.393 e.